The van der Waals surface area contributed by atoms with E-state index in [1.165, 1.54) is 24.3 Å². The van der Waals surface area contributed by atoms with Crippen LogP contribution < -0.4 is 5.32 Å². The van der Waals surface area contributed by atoms with Crippen molar-refractivity contribution in [2.24, 2.45) is 5.92 Å². The van der Waals surface area contributed by atoms with Crippen molar-refractivity contribution < 1.29 is 18.4 Å². The van der Waals surface area contributed by atoms with E-state index in [-0.39, 0.29) is 30.1 Å². The van der Waals surface area contributed by atoms with Crippen LogP contribution >= 0.6 is 11.3 Å². The first-order valence-corrected chi connectivity index (χ1v) is 11.7. The summed E-state index contributed by atoms with van der Waals surface area (Å²) in [5, 5.41) is 3.73. The van der Waals surface area contributed by atoms with E-state index in [2.05, 4.69) is 10.3 Å². The van der Waals surface area contributed by atoms with Crippen molar-refractivity contribution in [2.45, 2.75) is 19.4 Å². The quantitative estimate of drug-likeness (QED) is 0.459. The second-order valence-corrected chi connectivity index (χ2v) is 9.10. The van der Waals surface area contributed by atoms with Gasteiger partial charge in [0.1, 0.15) is 11.6 Å². The summed E-state index contributed by atoms with van der Waals surface area (Å²) in [4.78, 5) is 31.7. The maximum atomic E-state index is 13.1. The lowest BCUT2D eigenvalue weighted by molar-refractivity contribution is -0.126. The molecule has 4 aromatic rings. The second-order valence-electron chi connectivity index (χ2n) is 8.07. The average Bonchev–Trinajstić information content (AvgIpc) is 3.49. The first-order chi connectivity index (χ1) is 16.1. The zero-order chi connectivity index (χ0) is 22.8. The van der Waals surface area contributed by atoms with Crippen molar-refractivity contribution in [3.8, 4) is 10.8 Å². The van der Waals surface area contributed by atoms with Crippen LogP contribution in [0.15, 0.2) is 65.1 Å². The maximum Gasteiger partial charge on any atom is 0.253 e. The molecule has 2 aromatic carbocycles. The van der Waals surface area contributed by atoms with Crippen LogP contribution in [0.5, 0.6) is 0 Å². The normalized spacial score (nSPS) is 16.2. The van der Waals surface area contributed by atoms with Gasteiger partial charge < -0.3 is 14.6 Å². The number of aromatic nitrogens is 1. The molecule has 1 atom stereocenters. The molecule has 6 nitrogen and oxygen atoms in total. The van der Waals surface area contributed by atoms with Gasteiger partial charge in [0.05, 0.1) is 22.7 Å². The number of furan rings is 1. The molecule has 1 aliphatic rings. The van der Waals surface area contributed by atoms with E-state index >= 15 is 0 Å². The number of piperidine rings is 1. The van der Waals surface area contributed by atoms with Crippen molar-refractivity contribution in [1.29, 1.82) is 0 Å². The fourth-order valence-corrected chi connectivity index (χ4v) is 4.96. The number of carbonyl (C=O) groups is 2. The van der Waals surface area contributed by atoms with E-state index in [1.807, 2.05) is 36.4 Å². The number of nitrogens with zero attached hydrogens (tertiary/aromatic N) is 2. The number of halogens is 1. The Morgan fingerprint density at radius 3 is 2.76 bits per heavy atom. The third kappa shape index (κ3) is 4.66. The molecule has 0 radical (unpaired) electrons. The lowest BCUT2D eigenvalue weighted by Gasteiger charge is -2.32. The van der Waals surface area contributed by atoms with Crippen molar-refractivity contribution >= 4 is 33.4 Å². The molecule has 0 spiro atoms. The number of para-hydroxylation sites is 1. The van der Waals surface area contributed by atoms with Crippen LogP contribution in [0.1, 0.15) is 29.0 Å². The molecule has 8 heteroatoms. The SMILES string of the molecule is O=C(NCc1ccc(-c2nc3ccccc3s2)o1)[C@H]1CCCN(C(=O)c2ccc(F)cc2)C1. The molecule has 0 unspecified atom stereocenters. The van der Waals surface area contributed by atoms with E-state index in [4.69, 9.17) is 4.42 Å². The largest absolute Gasteiger partial charge is 0.457 e. The Hall–Kier alpha value is -3.52. The Bertz CT molecular complexity index is 1260. The van der Waals surface area contributed by atoms with Crippen LogP contribution in [0.3, 0.4) is 0 Å². The number of rotatable bonds is 5. The lowest BCUT2D eigenvalue weighted by atomic mass is 9.96. The van der Waals surface area contributed by atoms with Crippen molar-refractivity contribution in [3.63, 3.8) is 0 Å². The van der Waals surface area contributed by atoms with Gasteiger partial charge in [-0.1, -0.05) is 12.1 Å². The molecule has 1 N–H and O–H groups in total. The van der Waals surface area contributed by atoms with Gasteiger partial charge in [0.15, 0.2) is 10.8 Å². The highest BCUT2D eigenvalue weighted by Gasteiger charge is 2.29. The van der Waals surface area contributed by atoms with Crippen molar-refractivity contribution in [3.05, 3.63) is 77.8 Å². The van der Waals surface area contributed by atoms with Crippen LogP contribution in [0, 0.1) is 11.7 Å². The summed E-state index contributed by atoms with van der Waals surface area (Å²) in [5.74, 6) is 0.360. The molecule has 1 aliphatic heterocycles. The minimum Gasteiger partial charge on any atom is -0.457 e. The first-order valence-electron chi connectivity index (χ1n) is 10.8. The summed E-state index contributed by atoms with van der Waals surface area (Å²) in [6.07, 6.45) is 1.46. The Balaban J connectivity index is 1.18. The molecule has 1 fully saturated rings. The van der Waals surface area contributed by atoms with Crippen LogP contribution in [0.2, 0.25) is 0 Å². The predicted molar refractivity (Wildman–Crippen MR) is 124 cm³/mol. The molecule has 3 heterocycles. The third-order valence-corrected chi connectivity index (χ3v) is 6.82. The fraction of sp³-hybridized carbons (Fsp3) is 0.240. The highest BCUT2D eigenvalue weighted by atomic mass is 32.1. The number of likely N-dealkylation sites (tertiary alicyclic amines) is 1. The zero-order valence-electron chi connectivity index (χ0n) is 17.8. The summed E-state index contributed by atoms with van der Waals surface area (Å²) < 4.78 is 20.1. The summed E-state index contributed by atoms with van der Waals surface area (Å²) in [7, 11) is 0. The number of fused-ring (bicyclic) bond motifs is 1. The molecule has 2 amide bonds. The molecule has 5 rings (SSSR count). The van der Waals surface area contributed by atoms with Crippen molar-refractivity contribution in [2.75, 3.05) is 13.1 Å². The highest BCUT2D eigenvalue weighted by Crippen LogP contribution is 2.31. The van der Waals surface area contributed by atoms with Gasteiger partial charge in [-0.25, -0.2) is 9.37 Å². The van der Waals surface area contributed by atoms with E-state index < -0.39 is 0 Å². The van der Waals surface area contributed by atoms with Gasteiger partial charge >= 0.3 is 0 Å². The Labute approximate surface area is 194 Å². The van der Waals surface area contributed by atoms with Gasteiger partial charge in [0.25, 0.3) is 5.91 Å². The zero-order valence-corrected chi connectivity index (χ0v) is 18.6. The summed E-state index contributed by atoms with van der Waals surface area (Å²) in [6, 6.07) is 17.1. The number of nitrogens with one attached hydrogen (secondary N) is 1. The first kappa shape index (κ1) is 21.3. The van der Waals surface area contributed by atoms with Gasteiger partial charge in [-0.05, 0) is 61.4 Å². The van der Waals surface area contributed by atoms with Gasteiger partial charge in [-0.2, -0.15) is 0 Å². The predicted octanol–water partition coefficient (Wildman–Crippen LogP) is 4.86. The number of hydrogen-bond donors (Lipinski definition) is 1. The highest BCUT2D eigenvalue weighted by molar-refractivity contribution is 7.21. The molecule has 1 saturated heterocycles. The van der Waals surface area contributed by atoms with Crippen LogP contribution in [-0.4, -0.2) is 34.8 Å². The molecular formula is C25H22FN3O3S. The van der Waals surface area contributed by atoms with Gasteiger partial charge in [-0.3, -0.25) is 9.59 Å². The number of amides is 2. The Kier molecular flexibility index (Phi) is 5.92. The lowest BCUT2D eigenvalue weighted by Crippen LogP contribution is -2.45. The molecule has 2 aromatic heterocycles. The molecular weight excluding hydrogens is 441 g/mol. The molecule has 0 bridgehead atoms. The van der Waals surface area contributed by atoms with E-state index in [9.17, 15) is 14.0 Å². The summed E-state index contributed by atoms with van der Waals surface area (Å²) >= 11 is 1.56. The minimum atomic E-state index is -0.383. The third-order valence-electron chi connectivity index (χ3n) is 5.77. The van der Waals surface area contributed by atoms with Crippen molar-refractivity contribution in [1.82, 2.24) is 15.2 Å². The summed E-state index contributed by atoms with van der Waals surface area (Å²) in [6.45, 7) is 1.20. The molecule has 0 aliphatic carbocycles. The molecule has 0 saturated carbocycles. The van der Waals surface area contributed by atoms with E-state index in [0.717, 1.165) is 21.6 Å². The Morgan fingerprint density at radius 2 is 1.94 bits per heavy atom. The average molecular weight is 464 g/mol. The topological polar surface area (TPSA) is 75.4 Å². The minimum absolute atomic E-state index is 0.107. The second kappa shape index (κ2) is 9.15. The number of hydrogen-bond acceptors (Lipinski definition) is 5. The fourth-order valence-electron chi connectivity index (χ4n) is 4.03. The smallest absolute Gasteiger partial charge is 0.253 e. The molecule has 168 valence electrons. The number of carbonyl (C=O) groups excluding carboxylic acids is 2. The van der Waals surface area contributed by atoms with Crippen LogP contribution in [0.25, 0.3) is 21.0 Å². The monoisotopic (exact) mass is 463 g/mol. The van der Waals surface area contributed by atoms with E-state index in [0.29, 0.717) is 36.6 Å². The van der Waals surface area contributed by atoms with Crippen LogP contribution in [0.4, 0.5) is 4.39 Å². The van der Waals surface area contributed by atoms with Gasteiger partial charge in [-0.15, -0.1) is 11.3 Å². The van der Waals surface area contributed by atoms with Crippen LogP contribution in [-0.2, 0) is 11.3 Å². The Morgan fingerprint density at radius 1 is 1.12 bits per heavy atom. The standard InChI is InChI=1S/C25H22FN3O3S/c26-18-9-7-16(8-10-18)25(31)29-13-3-4-17(15-29)23(30)27-14-19-11-12-21(32-19)24-28-20-5-1-2-6-22(20)33-24/h1-2,5-12,17H,3-4,13-15H2,(H,27,30)/t17-/m0/s1. The molecule has 33 heavy (non-hydrogen) atoms. The number of thiazole rings is 1. The maximum absolute atomic E-state index is 13.1. The van der Waals surface area contributed by atoms with Gasteiger partial charge in [0, 0.05) is 18.7 Å². The van der Waals surface area contributed by atoms with E-state index in [1.54, 1.807) is 16.2 Å². The summed E-state index contributed by atoms with van der Waals surface area (Å²) in [5.41, 5.74) is 1.36. The van der Waals surface area contributed by atoms with Gasteiger partial charge in [0.2, 0.25) is 5.91 Å². The number of benzene rings is 2.